The highest BCUT2D eigenvalue weighted by atomic mass is 16.6. The number of amides is 1. The molecule has 0 radical (unpaired) electrons. The van der Waals surface area contributed by atoms with Crippen molar-refractivity contribution in [3.05, 3.63) is 53.7 Å². The summed E-state index contributed by atoms with van der Waals surface area (Å²) in [4.78, 5) is 24.6. The van der Waals surface area contributed by atoms with Gasteiger partial charge in [-0.3, -0.25) is 14.3 Å². The van der Waals surface area contributed by atoms with Gasteiger partial charge in [-0.15, -0.1) is 0 Å². The number of hydrogen-bond acceptors (Lipinski definition) is 6. The molecule has 0 spiro atoms. The Morgan fingerprint density at radius 3 is 2.43 bits per heavy atom. The van der Waals surface area contributed by atoms with Gasteiger partial charge in [-0.1, -0.05) is 19.9 Å². The number of ketones is 1. The van der Waals surface area contributed by atoms with Crippen molar-refractivity contribution in [3.8, 4) is 11.5 Å². The van der Waals surface area contributed by atoms with Crippen molar-refractivity contribution >= 4 is 22.6 Å². The lowest BCUT2D eigenvalue weighted by Gasteiger charge is -2.19. The average Bonchev–Trinajstić information content (AvgIpc) is 3.54. The quantitative estimate of drug-likeness (QED) is 0.426. The van der Waals surface area contributed by atoms with Gasteiger partial charge in [0.1, 0.15) is 13.2 Å². The molecule has 1 aromatic heterocycles. The molecule has 0 unspecified atom stereocenters. The van der Waals surface area contributed by atoms with Gasteiger partial charge in [-0.05, 0) is 81.2 Å². The van der Waals surface area contributed by atoms with E-state index in [1.807, 2.05) is 19.9 Å². The highest BCUT2D eigenvalue weighted by Crippen LogP contribution is 2.31. The largest absolute Gasteiger partial charge is 0.486 e. The Morgan fingerprint density at radius 1 is 1.00 bits per heavy atom. The first-order chi connectivity index (χ1) is 17.0. The third kappa shape index (κ3) is 7.05. The summed E-state index contributed by atoms with van der Waals surface area (Å²) in [5, 5.41) is 4.84. The standard InChI is InChI=1S/C15H21NO2.C10H9N3O2.C2H6/c1-2-8-16(7-1)9-3-4-13-5-6-14-15(12-13)18-11-10-17-14;1-13-8-3-2-6(9(14)10(11)15)4-7(8)5-12-13;1-2/h5-6,12H,1-4,7-11H2;2-5H,1H3,(H2,11,15);1-2H3. The molecule has 188 valence electrons. The van der Waals surface area contributed by atoms with Gasteiger partial charge < -0.3 is 20.1 Å². The molecule has 1 amide bonds. The van der Waals surface area contributed by atoms with E-state index in [2.05, 4.69) is 22.1 Å². The summed E-state index contributed by atoms with van der Waals surface area (Å²) in [5.41, 5.74) is 7.46. The maximum absolute atomic E-state index is 11.3. The van der Waals surface area contributed by atoms with Crippen LogP contribution in [0.3, 0.4) is 0 Å². The van der Waals surface area contributed by atoms with Crippen molar-refractivity contribution in [2.45, 2.75) is 39.5 Å². The van der Waals surface area contributed by atoms with E-state index in [0.29, 0.717) is 18.8 Å². The fourth-order valence-electron chi connectivity index (χ4n) is 4.20. The maximum Gasteiger partial charge on any atom is 0.289 e. The molecule has 8 nitrogen and oxygen atoms in total. The molecule has 1 saturated heterocycles. The van der Waals surface area contributed by atoms with Gasteiger partial charge in [0.15, 0.2) is 11.5 Å². The van der Waals surface area contributed by atoms with Crippen LogP contribution in [0.15, 0.2) is 42.6 Å². The predicted octanol–water partition coefficient (Wildman–Crippen LogP) is 3.75. The van der Waals surface area contributed by atoms with Gasteiger partial charge >= 0.3 is 0 Å². The minimum atomic E-state index is -0.946. The normalized spacial score (nSPS) is 14.5. The SMILES string of the molecule is CC.Cn1ncc2cc(C(=O)C(N)=O)ccc21.c1cc2c(cc1CCCN1CCCC1)OCCO2. The molecule has 8 heteroatoms. The van der Waals surface area contributed by atoms with Crippen LogP contribution in [0.2, 0.25) is 0 Å². The lowest BCUT2D eigenvalue weighted by Crippen LogP contribution is -2.22. The molecule has 2 aliphatic rings. The molecular weight excluding hydrogens is 444 g/mol. The molecule has 35 heavy (non-hydrogen) atoms. The van der Waals surface area contributed by atoms with Crippen molar-refractivity contribution in [3.63, 3.8) is 0 Å². The summed E-state index contributed by atoms with van der Waals surface area (Å²) in [5.74, 6) is 0.184. The fourth-order valence-corrected chi connectivity index (χ4v) is 4.20. The van der Waals surface area contributed by atoms with E-state index in [4.69, 9.17) is 15.2 Å². The van der Waals surface area contributed by atoms with Crippen LogP contribution in [-0.2, 0) is 18.3 Å². The van der Waals surface area contributed by atoms with E-state index in [9.17, 15) is 9.59 Å². The van der Waals surface area contributed by atoms with E-state index in [0.717, 1.165) is 28.8 Å². The van der Waals surface area contributed by atoms with Crippen LogP contribution < -0.4 is 15.2 Å². The van der Waals surface area contributed by atoms with E-state index in [1.54, 1.807) is 36.1 Å². The first kappa shape index (κ1) is 26.2. The number of fused-ring (bicyclic) bond motifs is 2. The number of hydrogen-bond donors (Lipinski definition) is 1. The van der Waals surface area contributed by atoms with Gasteiger partial charge in [0, 0.05) is 18.0 Å². The highest BCUT2D eigenvalue weighted by Gasteiger charge is 2.14. The lowest BCUT2D eigenvalue weighted by molar-refractivity contribution is -0.114. The molecule has 3 aromatic rings. The fraction of sp³-hybridized carbons (Fsp3) is 0.444. The maximum atomic E-state index is 11.3. The third-order valence-corrected chi connectivity index (χ3v) is 5.98. The van der Waals surface area contributed by atoms with Crippen molar-refractivity contribution in [1.82, 2.24) is 14.7 Å². The molecule has 0 bridgehead atoms. The Labute approximate surface area is 207 Å². The number of carbonyl (C=O) groups is 2. The lowest BCUT2D eigenvalue weighted by atomic mass is 10.1. The summed E-state index contributed by atoms with van der Waals surface area (Å²) in [6.07, 6.45) is 6.76. The molecule has 5 rings (SSSR count). The number of primary amides is 1. The third-order valence-electron chi connectivity index (χ3n) is 5.98. The zero-order chi connectivity index (χ0) is 25.2. The second-order valence-electron chi connectivity index (χ2n) is 8.37. The number of rotatable bonds is 6. The van der Waals surface area contributed by atoms with Crippen molar-refractivity contribution < 1.29 is 19.1 Å². The number of benzene rings is 2. The van der Waals surface area contributed by atoms with E-state index in [-0.39, 0.29) is 0 Å². The Bertz CT molecular complexity index is 1140. The van der Waals surface area contributed by atoms with Crippen LogP contribution in [0.5, 0.6) is 11.5 Å². The summed E-state index contributed by atoms with van der Waals surface area (Å²) in [6, 6.07) is 11.3. The average molecular weight is 481 g/mol. The van der Waals surface area contributed by atoms with Gasteiger partial charge in [0.2, 0.25) is 5.78 Å². The van der Waals surface area contributed by atoms with E-state index >= 15 is 0 Å². The van der Waals surface area contributed by atoms with Crippen LogP contribution in [0, 0.1) is 0 Å². The van der Waals surface area contributed by atoms with E-state index < -0.39 is 11.7 Å². The Balaban J connectivity index is 0.000000186. The minimum Gasteiger partial charge on any atom is -0.486 e. The van der Waals surface area contributed by atoms with Crippen LogP contribution >= 0.6 is 0 Å². The molecule has 1 fully saturated rings. The number of nitrogens with two attached hydrogens (primary N) is 1. The van der Waals surface area contributed by atoms with Crippen molar-refractivity contribution in [2.24, 2.45) is 12.8 Å². The number of Topliss-reactive ketones (excluding diaryl/α,β-unsaturated/α-hetero) is 1. The zero-order valence-electron chi connectivity index (χ0n) is 21.0. The summed E-state index contributed by atoms with van der Waals surface area (Å²) < 4.78 is 12.8. The number of carbonyl (C=O) groups excluding carboxylic acids is 2. The monoisotopic (exact) mass is 480 g/mol. The number of ether oxygens (including phenoxy) is 2. The van der Waals surface area contributed by atoms with Crippen molar-refractivity contribution in [2.75, 3.05) is 32.8 Å². The molecule has 2 aromatic carbocycles. The summed E-state index contributed by atoms with van der Waals surface area (Å²) >= 11 is 0. The number of likely N-dealkylation sites (tertiary alicyclic amines) is 1. The first-order valence-electron chi connectivity index (χ1n) is 12.4. The number of aryl methyl sites for hydroxylation is 2. The van der Waals surface area contributed by atoms with Crippen LogP contribution in [-0.4, -0.2) is 59.2 Å². The van der Waals surface area contributed by atoms with Gasteiger partial charge in [-0.2, -0.15) is 5.10 Å². The van der Waals surface area contributed by atoms with Crippen LogP contribution in [0.25, 0.3) is 10.9 Å². The van der Waals surface area contributed by atoms with Gasteiger partial charge in [0.05, 0.1) is 11.7 Å². The number of nitrogens with zero attached hydrogens (tertiary/aromatic N) is 3. The summed E-state index contributed by atoms with van der Waals surface area (Å²) in [6.45, 7) is 9.16. The van der Waals surface area contributed by atoms with Crippen LogP contribution in [0.4, 0.5) is 0 Å². The molecular formula is C27H36N4O4. The Morgan fingerprint density at radius 2 is 1.71 bits per heavy atom. The molecule has 0 saturated carbocycles. The Kier molecular flexibility index (Phi) is 9.66. The molecule has 3 heterocycles. The van der Waals surface area contributed by atoms with Crippen molar-refractivity contribution in [1.29, 1.82) is 0 Å². The second kappa shape index (κ2) is 12.9. The van der Waals surface area contributed by atoms with Crippen LogP contribution in [0.1, 0.15) is 49.0 Å². The highest BCUT2D eigenvalue weighted by molar-refractivity contribution is 6.42. The molecule has 2 N–H and O–H groups in total. The predicted molar refractivity (Wildman–Crippen MR) is 137 cm³/mol. The minimum absolute atomic E-state index is 0.294. The topological polar surface area (TPSA) is 99.7 Å². The van der Waals surface area contributed by atoms with Gasteiger partial charge in [0.25, 0.3) is 5.91 Å². The van der Waals surface area contributed by atoms with Gasteiger partial charge in [-0.25, -0.2) is 0 Å². The zero-order valence-corrected chi connectivity index (χ0v) is 21.0. The number of aromatic nitrogens is 2. The van der Waals surface area contributed by atoms with E-state index in [1.165, 1.54) is 44.5 Å². The smallest absolute Gasteiger partial charge is 0.289 e. The Hall–Kier alpha value is -3.39. The molecule has 0 aliphatic carbocycles. The molecule has 2 aliphatic heterocycles. The second-order valence-corrected chi connectivity index (χ2v) is 8.37. The summed E-state index contributed by atoms with van der Waals surface area (Å²) in [7, 11) is 1.80. The first-order valence-corrected chi connectivity index (χ1v) is 12.4. The molecule has 0 atom stereocenters.